The number of carbonyl (C=O) groups is 1. The first-order chi connectivity index (χ1) is 13.1. The van der Waals surface area contributed by atoms with Crippen molar-refractivity contribution in [2.75, 3.05) is 0 Å². The lowest BCUT2D eigenvalue weighted by Gasteiger charge is -2.40. The maximum atomic E-state index is 12.3. The molecule has 0 amide bonds. The van der Waals surface area contributed by atoms with Crippen LogP contribution in [0, 0.1) is 0 Å². The average Bonchev–Trinajstić information content (AvgIpc) is 2.65. The van der Waals surface area contributed by atoms with Crippen LogP contribution in [0.25, 0.3) is 10.8 Å². The van der Waals surface area contributed by atoms with Gasteiger partial charge in [0.05, 0.1) is 17.3 Å². The number of benzene rings is 2. The monoisotopic (exact) mass is 384 g/mol. The molecule has 0 saturated carbocycles. The Labute approximate surface area is 168 Å². The summed E-state index contributed by atoms with van der Waals surface area (Å²) in [5, 5.41) is 12.5. The second-order valence-corrected chi connectivity index (χ2v) is 7.94. The first-order valence-corrected chi connectivity index (χ1v) is 9.85. The van der Waals surface area contributed by atoms with Crippen LogP contribution < -0.4 is 4.74 Å². The highest BCUT2D eigenvalue weighted by atomic mass is 16.5. The number of fused-ring (bicyclic) bond motifs is 1. The van der Waals surface area contributed by atoms with Gasteiger partial charge < -0.3 is 14.6 Å². The van der Waals surface area contributed by atoms with Gasteiger partial charge in [-0.3, -0.25) is 0 Å². The number of ether oxygens (including phenoxy) is 2. The van der Waals surface area contributed by atoms with Crippen LogP contribution in [0.5, 0.6) is 5.75 Å². The van der Waals surface area contributed by atoms with Crippen molar-refractivity contribution in [1.29, 1.82) is 0 Å². The van der Waals surface area contributed by atoms with Gasteiger partial charge in [0.2, 0.25) is 0 Å². The SMILES string of the molecule is C=C(C)C(=O)Oc1ccc2ccccc2c1C(CC)(CC)OC(C)C(C)(C)O. The Morgan fingerprint density at radius 1 is 1.14 bits per heavy atom. The molecule has 0 aliphatic heterocycles. The summed E-state index contributed by atoms with van der Waals surface area (Å²) >= 11 is 0. The standard InChI is InChI=1S/C24H32O4/c1-8-24(9-2,28-17(5)23(6,7)26)21-19-13-11-10-12-18(19)14-15-20(21)27-22(25)16(3)4/h10-15,17,26H,3,8-9H2,1-2,4-7H3. The predicted octanol–water partition coefficient (Wildman–Crippen LogP) is 5.51. The summed E-state index contributed by atoms with van der Waals surface area (Å²) in [4.78, 5) is 12.3. The molecule has 0 spiro atoms. The Kier molecular flexibility index (Phi) is 6.68. The third-order valence-corrected chi connectivity index (χ3v) is 5.44. The maximum Gasteiger partial charge on any atom is 0.338 e. The highest BCUT2D eigenvalue weighted by molar-refractivity contribution is 5.92. The van der Waals surface area contributed by atoms with Crippen LogP contribution in [0.2, 0.25) is 0 Å². The smallest absolute Gasteiger partial charge is 0.338 e. The Morgan fingerprint density at radius 3 is 2.29 bits per heavy atom. The van der Waals surface area contributed by atoms with E-state index < -0.39 is 23.3 Å². The second kappa shape index (κ2) is 8.46. The summed E-state index contributed by atoms with van der Waals surface area (Å²) in [6, 6.07) is 11.7. The molecular formula is C24H32O4. The fourth-order valence-corrected chi connectivity index (χ4v) is 3.31. The number of aliphatic hydroxyl groups is 1. The fourth-order valence-electron chi connectivity index (χ4n) is 3.31. The summed E-state index contributed by atoms with van der Waals surface area (Å²) in [6.07, 6.45) is 0.904. The van der Waals surface area contributed by atoms with Gasteiger partial charge in [-0.25, -0.2) is 4.79 Å². The van der Waals surface area contributed by atoms with Gasteiger partial charge in [-0.1, -0.05) is 50.8 Å². The quantitative estimate of drug-likeness (QED) is 0.370. The van der Waals surface area contributed by atoms with Crippen LogP contribution in [0.4, 0.5) is 0 Å². The number of hydrogen-bond acceptors (Lipinski definition) is 4. The van der Waals surface area contributed by atoms with Crippen LogP contribution >= 0.6 is 0 Å². The lowest BCUT2D eigenvalue weighted by molar-refractivity contribution is -0.164. The summed E-state index contributed by atoms with van der Waals surface area (Å²) in [5.74, 6) is 0.00604. The number of carbonyl (C=O) groups excluding carboxylic acids is 1. The van der Waals surface area contributed by atoms with E-state index in [0.717, 1.165) is 16.3 Å². The summed E-state index contributed by atoms with van der Waals surface area (Å²) in [6.45, 7) is 14.7. The molecule has 0 bridgehead atoms. The van der Waals surface area contributed by atoms with Gasteiger partial charge in [0.1, 0.15) is 5.75 Å². The minimum Gasteiger partial charge on any atom is -0.423 e. The van der Waals surface area contributed by atoms with Crippen molar-refractivity contribution < 1.29 is 19.4 Å². The molecule has 0 heterocycles. The Morgan fingerprint density at radius 2 is 1.75 bits per heavy atom. The number of esters is 1. The molecule has 2 rings (SSSR count). The molecule has 1 atom stereocenters. The number of hydrogen-bond donors (Lipinski definition) is 1. The molecule has 0 aliphatic carbocycles. The van der Waals surface area contributed by atoms with Crippen LogP contribution in [0.3, 0.4) is 0 Å². The van der Waals surface area contributed by atoms with Gasteiger partial charge in [0.25, 0.3) is 0 Å². The van der Waals surface area contributed by atoms with E-state index in [0.29, 0.717) is 24.2 Å². The molecule has 1 N–H and O–H groups in total. The zero-order chi connectivity index (χ0) is 21.1. The lowest BCUT2D eigenvalue weighted by Crippen LogP contribution is -2.43. The Balaban J connectivity index is 2.74. The highest BCUT2D eigenvalue weighted by Gasteiger charge is 2.39. The molecule has 0 aromatic heterocycles. The lowest BCUT2D eigenvalue weighted by atomic mass is 9.83. The highest BCUT2D eigenvalue weighted by Crippen LogP contribution is 2.44. The minimum absolute atomic E-state index is 0.337. The van der Waals surface area contributed by atoms with Gasteiger partial charge in [0, 0.05) is 11.1 Å². The van der Waals surface area contributed by atoms with Crippen LogP contribution in [-0.2, 0) is 15.1 Å². The van der Waals surface area contributed by atoms with Gasteiger partial charge in [-0.2, -0.15) is 0 Å². The van der Waals surface area contributed by atoms with E-state index >= 15 is 0 Å². The summed E-state index contributed by atoms with van der Waals surface area (Å²) in [5.41, 5.74) is -0.551. The minimum atomic E-state index is -1.01. The first kappa shape index (κ1) is 22.1. The first-order valence-electron chi connectivity index (χ1n) is 9.85. The average molecular weight is 385 g/mol. The van der Waals surface area contributed by atoms with Crippen LogP contribution in [0.15, 0.2) is 48.6 Å². The van der Waals surface area contributed by atoms with Crippen LogP contribution in [-0.4, -0.2) is 22.8 Å². The molecule has 28 heavy (non-hydrogen) atoms. The van der Waals surface area contributed by atoms with E-state index in [1.807, 2.05) is 57.2 Å². The molecule has 0 radical (unpaired) electrons. The predicted molar refractivity (Wildman–Crippen MR) is 114 cm³/mol. The van der Waals surface area contributed by atoms with E-state index in [9.17, 15) is 9.90 Å². The molecule has 0 aliphatic rings. The van der Waals surface area contributed by atoms with Gasteiger partial charge in [-0.15, -0.1) is 0 Å². The molecule has 4 heteroatoms. The van der Waals surface area contributed by atoms with E-state index in [1.54, 1.807) is 20.8 Å². The second-order valence-electron chi connectivity index (χ2n) is 7.94. The van der Waals surface area contributed by atoms with Crippen LogP contribution in [0.1, 0.15) is 59.9 Å². The molecule has 0 fully saturated rings. The third-order valence-electron chi connectivity index (χ3n) is 5.44. The fraction of sp³-hybridized carbons (Fsp3) is 0.458. The van der Waals surface area contributed by atoms with E-state index in [-0.39, 0.29) is 0 Å². The summed E-state index contributed by atoms with van der Waals surface area (Å²) in [7, 11) is 0. The molecule has 0 saturated heterocycles. The summed E-state index contributed by atoms with van der Waals surface area (Å²) < 4.78 is 12.2. The molecule has 1 unspecified atom stereocenters. The molecule has 152 valence electrons. The Hall–Kier alpha value is -2.17. The van der Waals surface area contributed by atoms with Crippen molar-refractivity contribution in [1.82, 2.24) is 0 Å². The zero-order valence-electron chi connectivity index (χ0n) is 17.8. The van der Waals surface area contributed by atoms with Gasteiger partial charge in [-0.05, 0) is 57.4 Å². The van der Waals surface area contributed by atoms with Crippen molar-refractivity contribution in [2.45, 2.75) is 71.7 Å². The molecule has 4 nitrogen and oxygen atoms in total. The van der Waals surface area contributed by atoms with E-state index in [4.69, 9.17) is 9.47 Å². The normalized spacial score (nSPS) is 13.4. The molecule has 2 aromatic carbocycles. The van der Waals surface area contributed by atoms with E-state index in [1.165, 1.54) is 0 Å². The van der Waals surface area contributed by atoms with E-state index in [2.05, 4.69) is 6.58 Å². The molecule has 2 aromatic rings. The van der Waals surface area contributed by atoms with Crippen molar-refractivity contribution in [3.63, 3.8) is 0 Å². The zero-order valence-corrected chi connectivity index (χ0v) is 17.8. The largest absolute Gasteiger partial charge is 0.423 e. The van der Waals surface area contributed by atoms with Crippen molar-refractivity contribution in [3.8, 4) is 5.75 Å². The van der Waals surface area contributed by atoms with Crippen molar-refractivity contribution >= 4 is 16.7 Å². The van der Waals surface area contributed by atoms with Crippen molar-refractivity contribution in [3.05, 3.63) is 54.1 Å². The Bertz CT molecular complexity index is 857. The van der Waals surface area contributed by atoms with Gasteiger partial charge in [0.15, 0.2) is 0 Å². The third kappa shape index (κ3) is 4.45. The maximum absolute atomic E-state index is 12.3. The topological polar surface area (TPSA) is 55.8 Å². The number of rotatable bonds is 8. The molecular weight excluding hydrogens is 352 g/mol. The van der Waals surface area contributed by atoms with Gasteiger partial charge >= 0.3 is 5.97 Å². The van der Waals surface area contributed by atoms with Crippen molar-refractivity contribution in [2.24, 2.45) is 0 Å².